The molecule has 1 saturated carbocycles. The number of hydrogen-bond donors (Lipinski definition) is 2. The molecule has 1 aliphatic rings. The summed E-state index contributed by atoms with van der Waals surface area (Å²) in [7, 11) is 0. The molecule has 1 amide bonds. The van der Waals surface area contributed by atoms with E-state index in [2.05, 4.69) is 12.2 Å². The van der Waals surface area contributed by atoms with E-state index < -0.39 is 5.97 Å². The first kappa shape index (κ1) is 11.7. The normalized spacial score (nSPS) is 16.5. The van der Waals surface area contributed by atoms with Gasteiger partial charge in [-0.05, 0) is 36.8 Å². The Hall–Kier alpha value is -1.78. The summed E-state index contributed by atoms with van der Waals surface area (Å²) in [6.07, 6.45) is 3.38. The number of amides is 1. The number of aromatic carboxylic acids is 1. The highest BCUT2D eigenvalue weighted by atomic mass is 16.4. The number of carboxylic acid groups (broad SMARTS) is 1. The van der Waals surface area contributed by atoms with Crippen molar-refractivity contribution in [3.8, 4) is 0 Å². The average molecular weight is 237 g/mol. The Kier molecular flexibility index (Phi) is 2.92. The summed E-state index contributed by atoms with van der Waals surface area (Å²) in [5.41, 5.74) is 0.392. The second-order valence-corrected chi connectivity index (χ2v) is 4.79. The quantitative estimate of drug-likeness (QED) is 0.819. The molecule has 2 rings (SSSR count). The molecule has 5 heteroatoms. The maximum absolute atomic E-state index is 11.6. The third-order valence-corrected chi connectivity index (χ3v) is 3.16. The van der Waals surface area contributed by atoms with Crippen molar-refractivity contribution < 1.29 is 19.1 Å². The second kappa shape index (κ2) is 4.24. The molecule has 1 aliphatic carbocycles. The van der Waals surface area contributed by atoms with Crippen molar-refractivity contribution in [2.45, 2.75) is 26.2 Å². The number of furan rings is 1. The Morgan fingerprint density at radius 2 is 2.06 bits per heavy atom. The SMILES string of the molecule is CC1(CCNC(=O)c2ccc(C(=O)O)o2)CC1. The average Bonchev–Trinajstić information content (AvgIpc) is 2.83. The van der Waals surface area contributed by atoms with Crippen LogP contribution in [0.4, 0.5) is 0 Å². The van der Waals surface area contributed by atoms with E-state index in [4.69, 9.17) is 9.52 Å². The summed E-state index contributed by atoms with van der Waals surface area (Å²) in [5.74, 6) is -1.70. The fourth-order valence-corrected chi connectivity index (χ4v) is 1.60. The van der Waals surface area contributed by atoms with Gasteiger partial charge in [-0.2, -0.15) is 0 Å². The minimum Gasteiger partial charge on any atom is -0.475 e. The maximum atomic E-state index is 11.6. The van der Waals surface area contributed by atoms with Crippen molar-refractivity contribution in [1.29, 1.82) is 0 Å². The first-order valence-corrected chi connectivity index (χ1v) is 5.62. The molecule has 17 heavy (non-hydrogen) atoms. The van der Waals surface area contributed by atoms with E-state index in [9.17, 15) is 9.59 Å². The number of nitrogens with one attached hydrogen (secondary N) is 1. The van der Waals surface area contributed by atoms with Crippen LogP contribution in [-0.4, -0.2) is 23.5 Å². The van der Waals surface area contributed by atoms with E-state index in [1.165, 1.54) is 25.0 Å². The molecule has 0 saturated heterocycles. The summed E-state index contributed by atoms with van der Waals surface area (Å²) < 4.78 is 4.89. The van der Waals surface area contributed by atoms with Gasteiger partial charge >= 0.3 is 5.97 Å². The van der Waals surface area contributed by atoms with Crippen LogP contribution in [-0.2, 0) is 0 Å². The highest BCUT2D eigenvalue weighted by Crippen LogP contribution is 2.47. The van der Waals surface area contributed by atoms with Gasteiger partial charge in [0, 0.05) is 6.54 Å². The zero-order valence-corrected chi connectivity index (χ0v) is 9.66. The van der Waals surface area contributed by atoms with Crippen molar-refractivity contribution in [1.82, 2.24) is 5.32 Å². The molecule has 5 nitrogen and oxygen atoms in total. The lowest BCUT2D eigenvalue weighted by atomic mass is 10.1. The molecular formula is C12H15NO4. The molecule has 1 fully saturated rings. The monoisotopic (exact) mass is 237 g/mol. The number of rotatable bonds is 5. The third-order valence-electron chi connectivity index (χ3n) is 3.16. The van der Waals surface area contributed by atoms with Crippen LogP contribution >= 0.6 is 0 Å². The van der Waals surface area contributed by atoms with Crippen molar-refractivity contribution in [2.75, 3.05) is 6.54 Å². The molecule has 0 bridgehead atoms. The van der Waals surface area contributed by atoms with Gasteiger partial charge < -0.3 is 14.8 Å². The lowest BCUT2D eigenvalue weighted by molar-refractivity contribution is 0.0659. The minimum atomic E-state index is -1.17. The van der Waals surface area contributed by atoms with Crippen LogP contribution in [0.25, 0.3) is 0 Å². The van der Waals surface area contributed by atoms with Gasteiger partial charge in [0.2, 0.25) is 5.76 Å². The Bertz CT molecular complexity index is 445. The van der Waals surface area contributed by atoms with Gasteiger partial charge in [-0.3, -0.25) is 4.79 Å². The largest absolute Gasteiger partial charge is 0.475 e. The summed E-state index contributed by atoms with van der Waals surface area (Å²) >= 11 is 0. The molecule has 1 aromatic heterocycles. The van der Waals surface area contributed by atoms with Gasteiger partial charge in [-0.25, -0.2) is 4.79 Å². The molecular weight excluding hydrogens is 222 g/mol. The minimum absolute atomic E-state index is 0.0448. The highest BCUT2D eigenvalue weighted by Gasteiger charge is 2.36. The van der Waals surface area contributed by atoms with E-state index in [1.807, 2.05) is 0 Å². The highest BCUT2D eigenvalue weighted by molar-refractivity contribution is 5.93. The van der Waals surface area contributed by atoms with Gasteiger partial charge in [-0.15, -0.1) is 0 Å². The molecule has 0 aliphatic heterocycles. The Morgan fingerprint density at radius 1 is 1.41 bits per heavy atom. The van der Waals surface area contributed by atoms with Gasteiger partial charge in [0.15, 0.2) is 5.76 Å². The summed E-state index contributed by atoms with van der Waals surface area (Å²) in [4.78, 5) is 22.2. The summed E-state index contributed by atoms with van der Waals surface area (Å²) in [6, 6.07) is 2.65. The van der Waals surface area contributed by atoms with Crippen molar-refractivity contribution in [3.05, 3.63) is 23.7 Å². The van der Waals surface area contributed by atoms with E-state index in [0.29, 0.717) is 12.0 Å². The van der Waals surface area contributed by atoms with Gasteiger partial charge in [0.05, 0.1) is 0 Å². The third kappa shape index (κ3) is 2.87. The van der Waals surface area contributed by atoms with Crippen LogP contribution < -0.4 is 5.32 Å². The summed E-state index contributed by atoms with van der Waals surface area (Å²) in [5, 5.41) is 11.4. The Labute approximate surface area is 98.8 Å². The number of carboxylic acids is 1. The van der Waals surface area contributed by atoms with Crippen molar-refractivity contribution in [2.24, 2.45) is 5.41 Å². The molecule has 1 heterocycles. The Balaban J connectivity index is 1.84. The van der Waals surface area contributed by atoms with Crippen LogP contribution in [0.3, 0.4) is 0 Å². The van der Waals surface area contributed by atoms with Crippen molar-refractivity contribution in [3.63, 3.8) is 0 Å². The van der Waals surface area contributed by atoms with Gasteiger partial charge in [-0.1, -0.05) is 6.92 Å². The number of hydrogen-bond acceptors (Lipinski definition) is 3. The zero-order chi connectivity index (χ0) is 12.5. The van der Waals surface area contributed by atoms with Crippen LogP contribution in [0, 0.1) is 5.41 Å². The maximum Gasteiger partial charge on any atom is 0.371 e. The Morgan fingerprint density at radius 3 is 2.59 bits per heavy atom. The van der Waals surface area contributed by atoms with E-state index in [-0.39, 0.29) is 17.4 Å². The van der Waals surface area contributed by atoms with Crippen LogP contribution in [0.1, 0.15) is 47.3 Å². The molecule has 92 valence electrons. The van der Waals surface area contributed by atoms with E-state index >= 15 is 0 Å². The molecule has 0 aromatic carbocycles. The molecule has 0 unspecified atom stereocenters. The molecule has 0 atom stereocenters. The van der Waals surface area contributed by atoms with Gasteiger partial charge in [0.25, 0.3) is 5.91 Å². The predicted octanol–water partition coefficient (Wildman–Crippen LogP) is 1.90. The number of carbonyl (C=O) groups is 2. The van der Waals surface area contributed by atoms with Crippen molar-refractivity contribution >= 4 is 11.9 Å². The second-order valence-electron chi connectivity index (χ2n) is 4.79. The van der Waals surface area contributed by atoms with Gasteiger partial charge in [0.1, 0.15) is 0 Å². The lowest BCUT2D eigenvalue weighted by Gasteiger charge is -2.07. The van der Waals surface area contributed by atoms with Crippen LogP contribution in [0.2, 0.25) is 0 Å². The zero-order valence-electron chi connectivity index (χ0n) is 9.66. The molecule has 1 aromatic rings. The van der Waals surface area contributed by atoms with Crippen LogP contribution in [0.5, 0.6) is 0 Å². The standard InChI is InChI=1S/C12H15NO4/c1-12(4-5-12)6-7-13-10(14)8-2-3-9(17-8)11(15)16/h2-3H,4-7H2,1H3,(H,13,14)(H,15,16). The van der Waals surface area contributed by atoms with E-state index in [0.717, 1.165) is 6.42 Å². The predicted molar refractivity (Wildman–Crippen MR) is 60.0 cm³/mol. The topological polar surface area (TPSA) is 79.5 Å². The molecule has 0 radical (unpaired) electrons. The number of carbonyl (C=O) groups excluding carboxylic acids is 1. The fourth-order valence-electron chi connectivity index (χ4n) is 1.60. The van der Waals surface area contributed by atoms with E-state index in [1.54, 1.807) is 0 Å². The summed E-state index contributed by atoms with van der Waals surface area (Å²) in [6.45, 7) is 2.78. The molecule has 0 spiro atoms. The first-order valence-electron chi connectivity index (χ1n) is 5.62. The smallest absolute Gasteiger partial charge is 0.371 e. The molecule has 2 N–H and O–H groups in total. The lowest BCUT2D eigenvalue weighted by Crippen LogP contribution is -2.25. The first-order chi connectivity index (χ1) is 8.00. The van der Waals surface area contributed by atoms with Crippen LogP contribution in [0.15, 0.2) is 16.5 Å². The fraction of sp³-hybridized carbons (Fsp3) is 0.500.